The fraction of sp³-hybridized carbons (Fsp3) is 0.462. The highest BCUT2D eigenvalue weighted by Gasteiger charge is 2.56. The normalized spacial score (nSPS) is 18.1. The third-order valence-corrected chi connectivity index (χ3v) is 11.8. The molecular formula is C26H26N2O10S3. The van der Waals surface area contributed by atoms with Gasteiger partial charge in [0.1, 0.15) is 31.6 Å². The molecule has 5 heterocycles. The van der Waals surface area contributed by atoms with Gasteiger partial charge in [0, 0.05) is 0 Å². The van der Waals surface area contributed by atoms with Crippen LogP contribution < -0.4 is 0 Å². The van der Waals surface area contributed by atoms with Crippen LogP contribution >= 0.6 is 22.7 Å². The van der Waals surface area contributed by atoms with Crippen LogP contribution in [0.25, 0.3) is 9.75 Å². The van der Waals surface area contributed by atoms with E-state index in [4.69, 9.17) is 9.47 Å². The lowest BCUT2D eigenvalue weighted by atomic mass is 10.0. The summed E-state index contributed by atoms with van der Waals surface area (Å²) in [6.45, 7) is 7.19. The van der Waals surface area contributed by atoms with Gasteiger partial charge in [-0.25, -0.2) is 18.0 Å². The number of hydrogen-bond donors (Lipinski definition) is 0. The molecule has 218 valence electrons. The van der Waals surface area contributed by atoms with Crippen LogP contribution in [0.15, 0.2) is 9.79 Å². The number of imide groups is 2. The number of rotatable bonds is 8. The molecule has 12 nitrogen and oxygen atoms in total. The monoisotopic (exact) mass is 622 g/mol. The summed E-state index contributed by atoms with van der Waals surface area (Å²) in [5.41, 5.74) is -0.712. The van der Waals surface area contributed by atoms with Crippen molar-refractivity contribution in [3.8, 4) is 9.75 Å². The Morgan fingerprint density at radius 1 is 0.659 bits per heavy atom. The predicted molar refractivity (Wildman–Crippen MR) is 145 cm³/mol. The number of amides is 4. The molecule has 0 radical (unpaired) electrons. The first kappa shape index (κ1) is 29.1. The van der Waals surface area contributed by atoms with Crippen molar-refractivity contribution in [1.29, 1.82) is 0 Å². The summed E-state index contributed by atoms with van der Waals surface area (Å²) < 4.78 is 37.6. The fourth-order valence-corrected chi connectivity index (χ4v) is 10.8. The summed E-state index contributed by atoms with van der Waals surface area (Å²) in [6, 6.07) is -2.50. The Hall–Kier alpha value is -3.43. The van der Waals surface area contributed by atoms with Crippen LogP contribution in [0.2, 0.25) is 0 Å². The SMILES string of the molecule is COC(=O)C(CC(C)C)N1C(=O)c2sc3c(c2C1=O)S(=O)(=O)c1c-3sc2c1C(=O)N(C(CC(C)C)C(=O)OC)C2=O. The van der Waals surface area contributed by atoms with Crippen LogP contribution in [0, 0.1) is 11.8 Å². The minimum absolute atomic E-state index is 0.0862. The van der Waals surface area contributed by atoms with Gasteiger partial charge >= 0.3 is 11.9 Å². The smallest absolute Gasteiger partial charge is 0.329 e. The Kier molecular flexibility index (Phi) is 6.98. The van der Waals surface area contributed by atoms with E-state index in [1.807, 2.05) is 0 Å². The highest BCUT2D eigenvalue weighted by Crippen LogP contribution is 2.58. The van der Waals surface area contributed by atoms with E-state index in [1.54, 1.807) is 27.7 Å². The molecule has 0 fully saturated rings. The van der Waals surface area contributed by atoms with Gasteiger partial charge in [-0.1, -0.05) is 27.7 Å². The van der Waals surface area contributed by atoms with Crippen LogP contribution in [-0.2, 0) is 28.9 Å². The van der Waals surface area contributed by atoms with Gasteiger partial charge in [-0.2, -0.15) is 0 Å². The minimum Gasteiger partial charge on any atom is -0.467 e. The third-order valence-electron chi connectivity index (χ3n) is 7.12. The highest BCUT2D eigenvalue weighted by atomic mass is 32.2. The van der Waals surface area contributed by atoms with Crippen molar-refractivity contribution < 1.29 is 46.7 Å². The lowest BCUT2D eigenvalue weighted by Gasteiger charge is -2.25. The molecule has 3 aliphatic heterocycles. The molecule has 15 heteroatoms. The Labute approximate surface area is 243 Å². The lowest BCUT2D eigenvalue weighted by Crippen LogP contribution is -2.46. The Bertz CT molecular complexity index is 1560. The number of sulfone groups is 1. The Morgan fingerprint density at radius 3 is 1.29 bits per heavy atom. The standard InChI is InChI=1S/C26H26N2O10S3/c1-9(2)7-11(25(33)37-5)27-21(29)13-15(23(27)31)39-17-18-20(41(35,36)19(13)17)14-16(40-18)24(32)28(22(14)30)12(8-10(3)4)26(34)38-6/h9-12H,7-8H2,1-6H3. The molecule has 2 atom stereocenters. The number of methoxy groups -OCH3 is 2. The number of hydrogen-bond acceptors (Lipinski definition) is 12. The van der Waals surface area contributed by atoms with Gasteiger partial charge in [0.25, 0.3) is 23.6 Å². The second-order valence-electron chi connectivity index (χ2n) is 10.7. The molecule has 5 rings (SSSR count). The van der Waals surface area contributed by atoms with Gasteiger partial charge in [0.05, 0.1) is 35.1 Å². The quantitative estimate of drug-likeness (QED) is 0.270. The van der Waals surface area contributed by atoms with E-state index in [1.165, 1.54) is 0 Å². The van der Waals surface area contributed by atoms with E-state index in [2.05, 4.69) is 0 Å². The van der Waals surface area contributed by atoms with E-state index in [-0.39, 0.29) is 55.3 Å². The number of ether oxygens (including phenoxy) is 2. The number of carbonyl (C=O) groups is 6. The number of esters is 2. The Balaban J connectivity index is 1.60. The van der Waals surface area contributed by atoms with Gasteiger partial charge in [-0.05, 0) is 24.7 Å². The molecule has 41 heavy (non-hydrogen) atoms. The van der Waals surface area contributed by atoms with Crippen molar-refractivity contribution in [3.05, 3.63) is 20.9 Å². The third kappa shape index (κ3) is 4.00. The zero-order chi connectivity index (χ0) is 30.3. The summed E-state index contributed by atoms with van der Waals surface area (Å²) in [7, 11) is -2.29. The highest BCUT2D eigenvalue weighted by molar-refractivity contribution is 7.93. The molecule has 0 spiro atoms. The van der Waals surface area contributed by atoms with Crippen molar-refractivity contribution in [2.24, 2.45) is 11.8 Å². The predicted octanol–water partition coefficient (Wildman–Crippen LogP) is 2.99. The van der Waals surface area contributed by atoms with Gasteiger partial charge < -0.3 is 9.47 Å². The average molecular weight is 623 g/mol. The first-order valence-electron chi connectivity index (χ1n) is 12.7. The van der Waals surface area contributed by atoms with Gasteiger partial charge in [-0.15, -0.1) is 22.7 Å². The maximum atomic E-state index is 14.0. The molecular weight excluding hydrogens is 596 g/mol. The lowest BCUT2D eigenvalue weighted by molar-refractivity contribution is -0.146. The van der Waals surface area contributed by atoms with Crippen molar-refractivity contribution in [2.45, 2.75) is 62.4 Å². The topological polar surface area (TPSA) is 161 Å². The fourth-order valence-electron chi connectivity index (χ4n) is 5.43. The van der Waals surface area contributed by atoms with E-state index in [9.17, 15) is 37.2 Å². The van der Waals surface area contributed by atoms with Crippen molar-refractivity contribution in [3.63, 3.8) is 0 Å². The summed E-state index contributed by atoms with van der Waals surface area (Å²) in [6.07, 6.45) is 0.220. The van der Waals surface area contributed by atoms with Crippen LogP contribution in [0.1, 0.15) is 80.6 Å². The second-order valence-corrected chi connectivity index (χ2v) is 14.6. The molecule has 4 amide bonds. The largest absolute Gasteiger partial charge is 0.467 e. The van der Waals surface area contributed by atoms with Crippen LogP contribution in [0.3, 0.4) is 0 Å². The van der Waals surface area contributed by atoms with Crippen molar-refractivity contribution in [2.75, 3.05) is 14.2 Å². The van der Waals surface area contributed by atoms with Gasteiger partial charge in [0.15, 0.2) is 0 Å². The summed E-state index contributed by atoms with van der Waals surface area (Å²) in [5.74, 6) is -5.32. The molecule has 2 unspecified atom stereocenters. The maximum Gasteiger partial charge on any atom is 0.329 e. The van der Waals surface area contributed by atoms with Crippen molar-refractivity contribution in [1.82, 2.24) is 9.80 Å². The van der Waals surface area contributed by atoms with E-state index in [0.717, 1.165) is 46.7 Å². The summed E-state index contributed by atoms with van der Waals surface area (Å²) >= 11 is 1.53. The van der Waals surface area contributed by atoms with Crippen LogP contribution in [0.5, 0.6) is 0 Å². The molecule has 0 aromatic carbocycles. The zero-order valence-corrected chi connectivity index (χ0v) is 25.4. The first-order valence-corrected chi connectivity index (χ1v) is 15.8. The molecule has 2 aromatic heterocycles. The van der Waals surface area contributed by atoms with E-state index >= 15 is 0 Å². The van der Waals surface area contributed by atoms with Crippen LogP contribution in [0.4, 0.5) is 0 Å². The van der Waals surface area contributed by atoms with Gasteiger partial charge in [-0.3, -0.25) is 29.0 Å². The van der Waals surface area contributed by atoms with Crippen molar-refractivity contribution >= 4 is 68.1 Å². The number of nitrogens with zero attached hydrogens (tertiary/aromatic N) is 2. The second kappa shape index (κ2) is 9.84. The Morgan fingerprint density at radius 2 is 1.00 bits per heavy atom. The number of fused-ring (bicyclic) bond motifs is 7. The average Bonchev–Trinajstić information content (AvgIpc) is 3.64. The minimum atomic E-state index is -4.55. The number of carbonyl (C=O) groups excluding carboxylic acids is 6. The first-order chi connectivity index (χ1) is 19.2. The molecule has 3 aliphatic rings. The summed E-state index contributed by atoms with van der Waals surface area (Å²) in [5, 5.41) is 0. The maximum absolute atomic E-state index is 14.0. The summed E-state index contributed by atoms with van der Waals surface area (Å²) in [4.78, 5) is 79.5. The molecule has 0 saturated heterocycles. The molecule has 0 bridgehead atoms. The van der Waals surface area contributed by atoms with E-state index < -0.39 is 67.3 Å². The number of thiophene rings is 2. The zero-order valence-electron chi connectivity index (χ0n) is 22.9. The van der Waals surface area contributed by atoms with Crippen LogP contribution in [-0.4, -0.2) is 80.1 Å². The molecule has 0 aliphatic carbocycles. The molecule has 0 N–H and O–H groups in total. The van der Waals surface area contributed by atoms with Gasteiger partial charge in [0.2, 0.25) is 9.84 Å². The molecule has 0 saturated carbocycles. The van der Waals surface area contributed by atoms with E-state index in [0.29, 0.717) is 0 Å². The molecule has 2 aromatic rings.